The molecule has 0 bridgehead atoms. The quantitative estimate of drug-likeness (QED) is 0.823. The number of halogens is 1. The molecule has 110 valence electrons. The average Bonchev–Trinajstić information content (AvgIpc) is 2.86. The fourth-order valence-corrected chi connectivity index (χ4v) is 3.39. The molecule has 0 radical (unpaired) electrons. The first-order valence-electron chi connectivity index (χ1n) is 6.38. The lowest BCUT2D eigenvalue weighted by atomic mass is 10.1. The smallest absolute Gasteiger partial charge is 0.367 e. The fraction of sp³-hybridized carbons (Fsp3) is 0.286. The Morgan fingerprint density at radius 1 is 1.62 bits per heavy atom. The Morgan fingerprint density at radius 3 is 3.19 bits per heavy atom. The Morgan fingerprint density at radius 2 is 2.43 bits per heavy atom. The summed E-state index contributed by atoms with van der Waals surface area (Å²) < 4.78 is 11.4. The number of ether oxygens (including phenoxy) is 2. The molecule has 1 aliphatic heterocycles. The predicted molar refractivity (Wildman–Crippen MR) is 81.7 cm³/mol. The van der Waals surface area contributed by atoms with E-state index in [9.17, 15) is 9.90 Å². The van der Waals surface area contributed by atoms with Crippen molar-refractivity contribution in [3.8, 4) is 17.0 Å². The molecule has 3 rings (SSSR count). The highest BCUT2D eigenvalue weighted by atomic mass is 79.9. The highest BCUT2D eigenvalue weighted by molar-refractivity contribution is 9.10. The molecular formula is C14H12BrNO4S. The Labute approximate surface area is 133 Å². The van der Waals surface area contributed by atoms with E-state index in [2.05, 4.69) is 20.9 Å². The summed E-state index contributed by atoms with van der Waals surface area (Å²) in [5, 5.41) is 10.4. The number of thiazole rings is 1. The summed E-state index contributed by atoms with van der Waals surface area (Å²) in [7, 11) is 0. The van der Waals surface area contributed by atoms with E-state index in [1.54, 1.807) is 6.92 Å². The van der Waals surface area contributed by atoms with E-state index < -0.39 is 12.1 Å². The summed E-state index contributed by atoms with van der Waals surface area (Å²) >= 11 is 4.55. The van der Waals surface area contributed by atoms with Crippen LogP contribution in [-0.2, 0) is 4.74 Å². The van der Waals surface area contributed by atoms with Gasteiger partial charge in [-0.15, -0.1) is 11.3 Å². The number of nitrogens with zero attached hydrogens (tertiary/aromatic N) is 1. The van der Waals surface area contributed by atoms with Gasteiger partial charge in [0.05, 0.1) is 17.2 Å². The molecule has 0 saturated carbocycles. The van der Waals surface area contributed by atoms with E-state index in [4.69, 9.17) is 9.47 Å². The Hall–Kier alpha value is -1.44. The van der Waals surface area contributed by atoms with Crippen molar-refractivity contribution in [1.29, 1.82) is 0 Å². The number of carbonyl (C=O) groups is 1. The zero-order valence-corrected chi connectivity index (χ0v) is 13.5. The monoisotopic (exact) mass is 369 g/mol. The third-order valence-electron chi connectivity index (χ3n) is 3.00. The summed E-state index contributed by atoms with van der Waals surface area (Å²) in [6, 6.07) is 5.53. The maximum Gasteiger partial charge on any atom is 0.367 e. The first-order valence-corrected chi connectivity index (χ1v) is 7.99. The second kappa shape index (κ2) is 5.75. The van der Waals surface area contributed by atoms with Crippen molar-refractivity contribution in [1.82, 2.24) is 4.98 Å². The number of aliphatic hydroxyl groups excluding tert-OH is 1. The molecule has 1 atom stereocenters. The zero-order chi connectivity index (χ0) is 15.0. The van der Waals surface area contributed by atoms with Gasteiger partial charge in [0.2, 0.25) is 5.01 Å². The van der Waals surface area contributed by atoms with E-state index in [0.717, 1.165) is 21.4 Å². The molecule has 7 heteroatoms. The van der Waals surface area contributed by atoms with Crippen molar-refractivity contribution in [3.63, 3.8) is 0 Å². The number of aromatic nitrogens is 1. The average molecular weight is 370 g/mol. The maximum absolute atomic E-state index is 11.8. The molecule has 21 heavy (non-hydrogen) atoms. The minimum atomic E-state index is -0.813. The number of hydrogen-bond donors (Lipinski definition) is 1. The highest BCUT2D eigenvalue weighted by Crippen LogP contribution is 2.42. The van der Waals surface area contributed by atoms with Crippen LogP contribution in [0.5, 0.6) is 5.75 Å². The lowest BCUT2D eigenvalue weighted by molar-refractivity contribution is 0.0526. The van der Waals surface area contributed by atoms with Gasteiger partial charge in [0.25, 0.3) is 0 Å². The number of fused-ring (bicyclic) bond motifs is 3. The molecule has 1 N–H and O–H groups in total. The maximum atomic E-state index is 11.8. The number of benzene rings is 1. The predicted octanol–water partition coefficient (Wildman–Crippen LogP) is 3.18. The van der Waals surface area contributed by atoms with Crippen LogP contribution in [0.1, 0.15) is 27.7 Å². The van der Waals surface area contributed by atoms with E-state index in [1.165, 1.54) is 0 Å². The molecule has 5 nitrogen and oxygen atoms in total. The lowest BCUT2D eigenvalue weighted by Crippen LogP contribution is -2.06. The van der Waals surface area contributed by atoms with Gasteiger partial charge in [0.15, 0.2) is 0 Å². The van der Waals surface area contributed by atoms with Gasteiger partial charge in [-0.05, 0) is 25.1 Å². The van der Waals surface area contributed by atoms with Crippen LogP contribution >= 0.6 is 27.3 Å². The first-order chi connectivity index (χ1) is 10.1. The van der Waals surface area contributed by atoms with Crippen LogP contribution < -0.4 is 4.74 Å². The summed E-state index contributed by atoms with van der Waals surface area (Å²) in [4.78, 5) is 16.8. The molecule has 2 aromatic rings. The summed E-state index contributed by atoms with van der Waals surface area (Å²) in [6.45, 7) is 2.16. The largest absolute Gasteiger partial charge is 0.490 e. The molecule has 0 aliphatic carbocycles. The standard InChI is InChI=1S/C14H12BrNO4S/c1-2-19-14(18)13-16-11-8-5-7(15)3-4-10(8)20-6-9(17)12(11)21-13/h3-5,9,17H,2,6H2,1H3. The van der Waals surface area contributed by atoms with Crippen LogP contribution in [0, 0.1) is 0 Å². The second-order valence-corrected chi connectivity index (χ2v) is 6.37. The lowest BCUT2D eigenvalue weighted by Gasteiger charge is -2.08. The van der Waals surface area contributed by atoms with Crippen molar-refractivity contribution in [2.75, 3.05) is 13.2 Å². The zero-order valence-electron chi connectivity index (χ0n) is 11.1. The van der Waals surface area contributed by atoms with Gasteiger partial charge in [0.1, 0.15) is 18.5 Å². The molecular weight excluding hydrogens is 358 g/mol. The number of carbonyl (C=O) groups excluding carboxylic acids is 1. The molecule has 1 aliphatic rings. The number of esters is 1. The van der Waals surface area contributed by atoms with Gasteiger partial charge in [-0.1, -0.05) is 15.9 Å². The van der Waals surface area contributed by atoms with E-state index >= 15 is 0 Å². The number of aliphatic hydroxyl groups is 1. The highest BCUT2D eigenvalue weighted by Gasteiger charge is 2.28. The first kappa shape index (κ1) is 14.5. The molecule has 1 unspecified atom stereocenters. The molecule has 0 amide bonds. The minimum Gasteiger partial charge on any atom is -0.490 e. The fourth-order valence-electron chi connectivity index (χ4n) is 2.09. The molecule has 2 heterocycles. The van der Waals surface area contributed by atoms with E-state index in [0.29, 0.717) is 16.3 Å². The third-order valence-corrected chi connectivity index (χ3v) is 4.63. The summed E-state index contributed by atoms with van der Waals surface area (Å²) in [5.41, 5.74) is 1.33. The Bertz CT molecular complexity index is 700. The number of rotatable bonds is 2. The SMILES string of the molecule is CCOC(=O)c1nc2c(s1)C(O)COc1ccc(Br)cc1-2. The van der Waals surface area contributed by atoms with Crippen LogP contribution in [0.2, 0.25) is 0 Å². The summed E-state index contributed by atoms with van der Waals surface area (Å²) in [5.74, 6) is 0.164. The van der Waals surface area contributed by atoms with Gasteiger partial charge in [-0.3, -0.25) is 0 Å². The van der Waals surface area contributed by atoms with E-state index in [1.807, 2.05) is 18.2 Å². The normalized spacial score (nSPS) is 16.4. The Balaban J connectivity index is 2.14. The van der Waals surface area contributed by atoms with Gasteiger partial charge >= 0.3 is 5.97 Å². The molecule has 0 saturated heterocycles. The van der Waals surface area contributed by atoms with Crippen molar-refractivity contribution in [2.24, 2.45) is 0 Å². The van der Waals surface area contributed by atoms with Gasteiger partial charge < -0.3 is 14.6 Å². The van der Waals surface area contributed by atoms with Crippen molar-refractivity contribution in [3.05, 3.63) is 32.6 Å². The van der Waals surface area contributed by atoms with Crippen LogP contribution in [0.15, 0.2) is 22.7 Å². The van der Waals surface area contributed by atoms with Crippen molar-refractivity contribution in [2.45, 2.75) is 13.0 Å². The Kier molecular flexibility index (Phi) is 3.97. The molecule has 1 aromatic heterocycles. The van der Waals surface area contributed by atoms with Crippen LogP contribution in [-0.4, -0.2) is 29.3 Å². The van der Waals surface area contributed by atoms with E-state index in [-0.39, 0.29) is 18.2 Å². The van der Waals surface area contributed by atoms with Crippen LogP contribution in [0.25, 0.3) is 11.3 Å². The van der Waals surface area contributed by atoms with Crippen LogP contribution in [0.4, 0.5) is 0 Å². The molecule has 0 spiro atoms. The minimum absolute atomic E-state index is 0.131. The number of hydrogen-bond acceptors (Lipinski definition) is 6. The third kappa shape index (κ3) is 2.68. The van der Waals surface area contributed by atoms with Crippen LogP contribution in [0.3, 0.4) is 0 Å². The summed E-state index contributed by atoms with van der Waals surface area (Å²) in [6.07, 6.45) is -0.813. The topological polar surface area (TPSA) is 68.7 Å². The van der Waals surface area contributed by atoms with Crippen molar-refractivity contribution >= 4 is 33.2 Å². The van der Waals surface area contributed by atoms with Gasteiger partial charge in [-0.25, -0.2) is 9.78 Å². The molecule has 0 fully saturated rings. The van der Waals surface area contributed by atoms with Crippen molar-refractivity contribution < 1.29 is 19.4 Å². The van der Waals surface area contributed by atoms with Gasteiger partial charge in [-0.2, -0.15) is 0 Å². The molecule has 1 aromatic carbocycles. The second-order valence-electron chi connectivity index (χ2n) is 4.42. The van der Waals surface area contributed by atoms with Gasteiger partial charge in [0, 0.05) is 10.0 Å².